The summed E-state index contributed by atoms with van der Waals surface area (Å²) in [5.41, 5.74) is 21.0. The number of amides is 15. The van der Waals surface area contributed by atoms with Crippen molar-refractivity contribution in [3.05, 3.63) is 63.6 Å². The third kappa shape index (κ3) is 36.7. The van der Waals surface area contributed by atoms with Crippen LogP contribution in [-0.4, -0.2) is 208 Å². The van der Waals surface area contributed by atoms with Crippen molar-refractivity contribution in [2.45, 2.75) is 276 Å². The molecular weight excluding hydrogens is 1540 g/mol. The zero-order chi connectivity index (χ0) is 91.5. The van der Waals surface area contributed by atoms with Gasteiger partial charge in [0, 0.05) is 33.1 Å². The molecule has 0 saturated heterocycles. The normalized spacial score (nSPS) is 14.3. The van der Waals surface area contributed by atoms with Crippen LogP contribution in [0.1, 0.15) is 216 Å². The number of rotatable bonds is 48. The highest BCUT2D eigenvalue weighted by atomic mass is 16.3. The van der Waals surface area contributed by atoms with Gasteiger partial charge in [-0.15, -0.1) is 0 Å². The van der Waals surface area contributed by atoms with Gasteiger partial charge in [-0.05, 0) is 171 Å². The molecule has 11 atom stereocenters. The maximum absolute atomic E-state index is 14.6. The number of nitrogens with two attached hydrogens (primary N) is 4. The van der Waals surface area contributed by atoms with Gasteiger partial charge in [0.05, 0.1) is 18.1 Å². The number of hydrogen-bond acceptors (Lipinski definition) is 19. The maximum Gasteiger partial charge on any atom is 0.268 e. The molecule has 1 rings (SSSR count). The van der Waals surface area contributed by atoms with Gasteiger partial charge in [-0.3, -0.25) is 81.9 Å². The number of hydrogen-bond donors (Lipinski definition) is 20. The second-order valence-electron chi connectivity index (χ2n) is 32.8. The third-order valence-electron chi connectivity index (χ3n) is 19.0. The zero-order valence-corrected chi connectivity index (χ0v) is 73.9. The summed E-state index contributed by atoms with van der Waals surface area (Å²) in [6.45, 7) is 36.8. The van der Waals surface area contributed by atoms with E-state index >= 15 is 0 Å². The lowest BCUT2D eigenvalue weighted by molar-refractivity contribution is -0.142. The summed E-state index contributed by atoms with van der Waals surface area (Å²) >= 11 is 0. The fourth-order valence-corrected chi connectivity index (χ4v) is 11.6. The van der Waals surface area contributed by atoms with Gasteiger partial charge < -0.3 is 112 Å². The van der Waals surface area contributed by atoms with Crippen molar-refractivity contribution in [3.63, 3.8) is 0 Å². The largest absolute Gasteiger partial charge is 0.508 e. The minimum atomic E-state index is -1.77. The number of carbonyl (C=O) groups is 15. The predicted octanol–water partition coefficient (Wildman–Crippen LogP) is 0.130. The molecule has 0 aliphatic heterocycles. The van der Waals surface area contributed by atoms with E-state index in [0.29, 0.717) is 36.1 Å². The summed E-state index contributed by atoms with van der Waals surface area (Å²) in [6.07, 6.45) is 0.798. The first-order valence-electron chi connectivity index (χ1n) is 40.3. The van der Waals surface area contributed by atoms with Gasteiger partial charge in [0.1, 0.15) is 83.3 Å². The molecule has 0 saturated carbocycles. The Labute approximate surface area is 699 Å². The maximum atomic E-state index is 14.6. The Balaban J connectivity index is 3.53. The molecule has 0 bridgehead atoms. The van der Waals surface area contributed by atoms with Crippen LogP contribution in [0.5, 0.6) is 5.75 Å². The number of aromatic hydroxyl groups is 1. The van der Waals surface area contributed by atoms with Gasteiger partial charge >= 0.3 is 0 Å². The lowest BCUT2D eigenvalue weighted by atomic mass is 9.97. The number of unbranched alkanes of at least 4 members (excludes halogenated alkanes) is 1. The van der Waals surface area contributed by atoms with Crippen molar-refractivity contribution in [1.29, 1.82) is 0 Å². The van der Waals surface area contributed by atoms with E-state index in [9.17, 15) is 82.1 Å². The van der Waals surface area contributed by atoms with Crippen LogP contribution in [0.2, 0.25) is 0 Å². The number of guanidine groups is 2. The molecule has 1 aromatic rings. The number of carbonyl (C=O) groups excluding carboxylic acids is 15. The second-order valence-corrected chi connectivity index (χ2v) is 32.8. The van der Waals surface area contributed by atoms with Crippen LogP contribution in [-0.2, 0) is 71.9 Å². The fraction of sp³-hybridized carbons (Fsp3) is 0.642. The van der Waals surface area contributed by atoms with Crippen molar-refractivity contribution in [3.8, 4) is 5.75 Å². The average molecular weight is 1680 g/mol. The van der Waals surface area contributed by atoms with Crippen LogP contribution in [0.4, 0.5) is 0 Å². The first-order valence-corrected chi connectivity index (χ1v) is 40.3. The molecular formula is C81H137N21O17. The Hall–Kier alpha value is -11.2. The molecule has 0 radical (unpaired) electrons. The van der Waals surface area contributed by atoms with E-state index in [4.69, 9.17) is 22.9 Å². The summed E-state index contributed by atoms with van der Waals surface area (Å²) in [5, 5.41) is 58.2. The fourth-order valence-electron chi connectivity index (χ4n) is 11.6. The molecule has 119 heavy (non-hydrogen) atoms. The lowest BCUT2D eigenvalue weighted by Crippen LogP contribution is -2.61. The van der Waals surface area contributed by atoms with Crippen molar-refractivity contribution < 1.29 is 82.1 Å². The smallest absolute Gasteiger partial charge is 0.268 e. The molecule has 0 spiro atoms. The quantitative estimate of drug-likeness (QED) is 0.0178. The first kappa shape index (κ1) is 106. The molecule has 0 aliphatic rings. The summed E-state index contributed by atoms with van der Waals surface area (Å²) in [7, 11) is 1.34. The predicted molar refractivity (Wildman–Crippen MR) is 452 cm³/mol. The number of aliphatic hydroxyl groups is 1. The van der Waals surface area contributed by atoms with Gasteiger partial charge in [0.2, 0.25) is 70.9 Å². The molecule has 38 heteroatoms. The minimum Gasteiger partial charge on any atom is -0.508 e. The number of nitrogens with one attached hydrogen (secondary N) is 14. The van der Waals surface area contributed by atoms with Crippen molar-refractivity contribution in [2.75, 3.05) is 26.7 Å². The van der Waals surface area contributed by atoms with Crippen molar-refractivity contribution in [1.82, 2.24) is 79.3 Å². The monoisotopic (exact) mass is 1680 g/mol. The van der Waals surface area contributed by atoms with Gasteiger partial charge in [0.25, 0.3) is 17.7 Å². The zero-order valence-electron chi connectivity index (χ0n) is 73.9. The van der Waals surface area contributed by atoms with Crippen LogP contribution in [0.3, 0.4) is 0 Å². The van der Waals surface area contributed by atoms with E-state index in [-0.39, 0.29) is 90.9 Å². The molecule has 15 amide bonds. The number of phenols is 1. The third-order valence-corrected chi connectivity index (χ3v) is 19.0. The average Bonchev–Trinajstić information content (AvgIpc) is 0.917. The molecule has 1 aromatic carbocycles. The number of aliphatic imine (C=N–C) groups is 2. The molecule has 0 aliphatic carbocycles. The van der Waals surface area contributed by atoms with E-state index in [1.165, 1.54) is 79.8 Å². The standard InChI is InChI=1S/C81H137N21O17/c1-25-47(18)64(76(116)89-48(19)66(106)101-65(81(22,23)119)77(117)86-34-26-27-35-87-79(82)83)100-75(115)63(46(16)17)99-74(114)62(45(14)15)96-68(108)53(29-28-36-88-80(84)85)91-70(110)59(42(8)9)97-72(112)58(41(6)7)94-56(105)38-54(51-30-32-52(103)33-31-51)92-71(111)60(43(10)11)98-73(113)61(44(12)13)95-67(107)50(21)102(24)78(118)49(20)90-69(109)57(40(4)5)93-55(104)37-39(2)3/h30-33,39,41,43-46,48-50,53-54,58,60-63,65,103,119H,25-29,34-38H2,1-24H3,(H,86,117)(H,89,116)(H,90,109)(H,91,110)(H,92,111)(H,93,104)(H,94,105)(H,95,107)(H,96,108)(H,97,112)(H,98,113)(H,99,114)(H,100,115)(H,101,106)(H4,82,83,87)(H4,84,85,88)/b64-47+/t48-,49+,50+,53-,54+,58+,60-,61-,62-,63-,65+/m1/s1. The number of benzene rings is 1. The van der Waals surface area contributed by atoms with Crippen LogP contribution < -0.4 is 97.4 Å². The highest BCUT2D eigenvalue weighted by Crippen LogP contribution is 2.23. The van der Waals surface area contributed by atoms with Gasteiger partial charge in [-0.1, -0.05) is 102 Å². The highest BCUT2D eigenvalue weighted by Gasteiger charge is 2.40. The number of phenolic OH excluding ortho intramolecular Hbond substituents is 1. The van der Waals surface area contributed by atoms with Gasteiger partial charge in [-0.2, -0.15) is 0 Å². The molecule has 24 N–H and O–H groups in total. The van der Waals surface area contributed by atoms with Gasteiger partial charge in [-0.25, -0.2) is 0 Å². The van der Waals surface area contributed by atoms with E-state index < -0.39 is 191 Å². The topological polar surface area (TPSA) is 597 Å². The Kier molecular flexibility index (Phi) is 44.9. The number of allylic oxidation sites excluding steroid dienone is 3. The molecule has 38 nitrogen and oxygen atoms in total. The highest BCUT2D eigenvalue weighted by molar-refractivity contribution is 6.05. The van der Waals surface area contributed by atoms with E-state index in [1.54, 1.807) is 96.9 Å². The number of likely N-dealkylation sites (N-methyl/N-ethyl adjacent to an activating group) is 1. The molecule has 0 aromatic heterocycles. The second kappa shape index (κ2) is 50.5. The Morgan fingerprint density at radius 1 is 0.445 bits per heavy atom. The van der Waals surface area contributed by atoms with E-state index in [2.05, 4.69) is 84.4 Å². The van der Waals surface area contributed by atoms with Crippen LogP contribution in [0, 0.1) is 35.5 Å². The first-order chi connectivity index (χ1) is 55.1. The van der Waals surface area contributed by atoms with Crippen LogP contribution >= 0.6 is 0 Å². The molecule has 668 valence electrons. The Bertz CT molecular complexity index is 3860. The van der Waals surface area contributed by atoms with Crippen LogP contribution in [0.15, 0.2) is 68.1 Å². The summed E-state index contributed by atoms with van der Waals surface area (Å²) in [6, 6.07) is -8.98. The molecule has 0 unspecified atom stereocenters. The van der Waals surface area contributed by atoms with E-state index in [1.807, 2.05) is 13.8 Å². The van der Waals surface area contributed by atoms with E-state index in [0.717, 1.165) is 4.90 Å². The van der Waals surface area contributed by atoms with Crippen molar-refractivity contribution in [2.24, 2.45) is 68.4 Å². The van der Waals surface area contributed by atoms with Crippen molar-refractivity contribution >= 4 is 101 Å². The Morgan fingerprint density at radius 3 is 1.31 bits per heavy atom. The lowest BCUT2D eigenvalue weighted by Gasteiger charge is -2.31. The Morgan fingerprint density at radius 2 is 0.857 bits per heavy atom. The summed E-state index contributed by atoms with van der Waals surface area (Å²) < 4.78 is 0. The summed E-state index contributed by atoms with van der Waals surface area (Å²) in [5.74, 6) is -15.4. The molecule has 0 heterocycles. The number of nitrogens with zero attached hydrogens (tertiary/aromatic N) is 3. The summed E-state index contributed by atoms with van der Waals surface area (Å²) in [4.78, 5) is 219. The van der Waals surface area contributed by atoms with Gasteiger partial charge in [0.15, 0.2) is 11.9 Å². The SMILES string of the molecule is CC/C(C)=C(/NC(=O)[C@H](NC(=O)[C@H](NC(=O)[C@@H](CCCN=C(N)N)NC(=O)C(NC(=O)[C@@H](NC(=O)C[C@H](NC(=O)[C@H](NC(=O)[C@H](NC(=O)[C@H](C)N(C)C(=O)[C@H](C)NC(=O)C(NC(=O)CC(C)C)=C(C)C)C(C)C)C(C)C)c1ccc(O)cc1)C(C)C)=C(C)C)C(C)C)C(C)C)C(=O)N[C@H](C)C(=O)N[C@@H](C(=O)NCCCCN=C(N)N)C(C)(C)O. The molecule has 0 fully saturated rings. The van der Waals surface area contributed by atoms with Crippen LogP contribution in [0.25, 0.3) is 0 Å². The minimum absolute atomic E-state index is 0.0138.